The number of nitrogens with two attached hydrogens (primary N) is 1. The summed E-state index contributed by atoms with van der Waals surface area (Å²) in [4.78, 5) is 11.2. The highest BCUT2D eigenvalue weighted by atomic mass is 16.5. The van der Waals surface area contributed by atoms with Crippen LogP contribution >= 0.6 is 0 Å². The van der Waals surface area contributed by atoms with E-state index in [2.05, 4.69) is 12.1 Å². The van der Waals surface area contributed by atoms with Crippen molar-refractivity contribution in [1.29, 1.82) is 0 Å². The Morgan fingerprint density at radius 3 is 3.05 bits per heavy atom. The van der Waals surface area contributed by atoms with Crippen molar-refractivity contribution in [3.63, 3.8) is 0 Å². The van der Waals surface area contributed by atoms with Gasteiger partial charge in [-0.2, -0.15) is 0 Å². The first-order valence-corrected chi connectivity index (χ1v) is 5.91. The molecule has 6 heteroatoms. The number of nitrogens with zero attached hydrogens (tertiary/aromatic N) is 1. The van der Waals surface area contributed by atoms with E-state index >= 15 is 0 Å². The zero-order chi connectivity index (χ0) is 13.7. The molecule has 0 unspecified atom stereocenters. The van der Waals surface area contributed by atoms with E-state index in [1.807, 2.05) is 29.7 Å². The number of hydrazine groups is 1. The monoisotopic (exact) mass is 261 g/mol. The zero-order valence-electron chi connectivity index (χ0n) is 10.6. The van der Waals surface area contributed by atoms with Crippen LogP contribution < -0.4 is 16.0 Å². The lowest BCUT2D eigenvalue weighted by molar-refractivity contribution is 0.0944. The fraction of sp³-hybridized carbons (Fsp3) is 0.231. The smallest absolute Gasteiger partial charge is 0.287 e. The fourth-order valence-electron chi connectivity index (χ4n) is 1.57. The molecular weight excluding hydrogens is 246 g/mol. The van der Waals surface area contributed by atoms with Gasteiger partial charge in [-0.1, -0.05) is 24.2 Å². The molecule has 0 bridgehead atoms. The van der Waals surface area contributed by atoms with Crippen LogP contribution in [0.3, 0.4) is 0 Å². The number of carbonyl (C=O) groups is 1. The van der Waals surface area contributed by atoms with Crippen LogP contribution in [0.5, 0.6) is 5.75 Å². The molecule has 2 aromatic rings. The van der Waals surface area contributed by atoms with E-state index in [0.29, 0.717) is 5.76 Å². The maximum atomic E-state index is 11.2. The average molecular weight is 261 g/mol. The Balaban J connectivity index is 1.98. The molecule has 0 atom stereocenters. The largest absolute Gasteiger partial charge is 0.486 e. The normalized spacial score (nSPS) is 10.2. The number of benzene rings is 1. The molecule has 1 amide bonds. The quantitative estimate of drug-likeness (QED) is 0.482. The summed E-state index contributed by atoms with van der Waals surface area (Å²) >= 11 is 0. The predicted molar refractivity (Wildman–Crippen MR) is 68.3 cm³/mol. The van der Waals surface area contributed by atoms with E-state index < -0.39 is 5.91 Å². The molecule has 0 radical (unpaired) electrons. The number of nitrogen functional groups attached to an aromatic ring is 1. The number of nitrogens with one attached hydrogen (secondary N) is 1. The Bertz CT molecular complexity index is 566. The second kappa shape index (κ2) is 6.01. The van der Waals surface area contributed by atoms with Crippen molar-refractivity contribution >= 4 is 5.91 Å². The molecule has 1 heterocycles. The van der Waals surface area contributed by atoms with Gasteiger partial charge in [0, 0.05) is 6.07 Å². The summed E-state index contributed by atoms with van der Waals surface area (Å²) in [5.41, 5.74) is 3.30. The molecule has 6 nitrogen and oxygen atoms in total. The second-order valence-corrected chi connectivity index (χ2v) is 3.94. The minimum atomic E-state index is -0.497. The van der Waals surface area contributed by atoms with E-state index in [1.165, 1.54) is 11.6 Å². The number of rotatable bonds is 5. The summed E-state index contributed by atoms with van der Waals surface area (Å²) in [5, 5.41) is 3.59. The summed E-state index contributed by atoms with van der Waals surface area (Å²) < 4.78 is 10.5. The van der Waals surface area contributed by atoms with Gasteiger partial charge in [-0.05, 0) is 24.1 Å². The highest BCUT2D eigenvalue weighted by Gasteiger charge is 2.11. The van der Waals surface area contributed by atoms with Crippen LogP contribution in [0, 0.1) is 0 Å². The molecule has 1 aromatic heterocycles. The number of aromatic nitrogens is 1. The number of aryl methyl sites for hydroxylation is 1. The molecule has 0 aliphatic rings. The molecule has 1 aromatic carbocycles. The standard InChI is InChI=1S/C13H15N3O3/c1-2-9-4-3-5-10(6-9)18-8-11-7-12(16-19-11)13(17)15-14/h3-7H,2,8,14H2,1H3,(H,15,17). The molecule has 2 rings (SSSR count). The highest BCUT2D eigenvalue weighted by molar-refractivity contribution is 5.91. The van der Waals surface area contributed by atoms with E-state index in [1.54, 1.807) is 0 Å². The first kappa shape index (κ1) is 13.1. The number of hydrogen-bond acceptors (Lipinski definition) is 5. The summed E-state index contributed by atoms with van der Waals surface area (Å²) in [6.45, 7) is 2.28. The summed E-state index contributed by atoms with van der Waals surface area (Å²) in [6.07, 6.45) is 0.945. The summed E-state index contributed by atoms with van der Waals surface area (Å²) in [5.74, 6) is 5.71. The molecule has 3 N–H and O–H groups in total. The first-order chi connectivity index (χ1) is 9.22. The molecule has 0 spiro atoms. The lowest BCUT2D eigenvalue weighted by Crippen LogP contribution is -2.30. The van der Waals surface area contributed by atoms with Gasteiger partial charge >= 0.3 is 0 Å². The molecule has 19 heavy (non-hydrogen) atoms. The Morgan fingerprint density at radius 2 is 2.32 bits per heavy atom. The number of hydrogen-bond donors (Lipinski definition) is 2. The molecule has 0 saturated carbocycles. The van der Waals surface area contributed by atoms with Gasteiger partial charge in [-0.3, -0.25) is 10.2 Å². The summed E-state index contributed by atoms with van der Waals surface area (Å²) in [7, 11) is 0. The van der Waals surface area contributed by atoms with Crippen LogP contribution in [0.25, 0.3) is 0 Å². The van der Waals surface area contributed by atoms with Crippen molar-refractivity contribution in [2.24, 2.45) is 5.84 Å². The maximum absolute atomic E-state index is 11.2. The van der Waals surface area contributed by atoms with Gasteiger partial charge in [0.25, 0.3) is 5.91 Å². The van der Waals surface area contributed by atoms with Gasteiger partial charge in [0.2, 0.25) is 0 Å². The Morgan fingerprint density at radius 1 is 1.47 bits per heavy atom. The second-order valence-electron chi connectivity index (χ2n) is 3.94. The van der Waals surface area contributed by atoms with E-state index in [-0.39, 0.29) is 12.3 Å². The zero-order valence-corrected chi connectivity index (χ0v) is 10.6. The predicted octanol–water partition coefficient (Wildman–Crippen LogP) is 1.42. The molecule has 0 aliphatic heterocycles. The third kappa shape index (κ3) is 3.32. The van der Waals surface area contributed by atoms with Crippen molar-refractivity contribution < 1.29 is 14.1 Å². The molecular formula is C13H15N3O3. The van der Waals surface area contributed by atoms with Gasteiger partial charge in [-0.25, -0.2) is 5.84 Å². The van der Waals surface area contributed by atoms with Crippen LogP contribution in [0.1, 0.15) is 28.7 Å². The van der Waals surface area contributed by atoms with Crippen LogP contribution in [0.15, 0.2) is 34.9 Å². The topological polar surface area (TPSA) is 90.4 Å². The lowest BCUT2D eigenvalue weighted by atomic mass is 10.2. The Kier molecular flexibility index (Phi) is 4.15. The molecule has 0 fully saturated rings. The Hall–Kier alpha value is -2.34. The van der Waals surface area contributed by atoms with Crippen LogP contribution in [0.4, 0.5) is 0 Å². The van der Waals surface area contributed by atoms with Gasteiger partial charge < -0.3 is 9.26 Å². The Labute approximate surface area is 110 Å². The van der Waals surface area contributed by atoms with Gasteiger partial charge in [0.15, 0.2) is 11.5 Å². The number of ether oxygens (including phenoxy) is 1. The van der Waals surface area contributed by atoms with Crippen LogP contribution in [0.2, 0.25) is 0 Å². The fourth-order valence-corrected chi connectivity index (χ4v) is 1.57. The number of carbonyl (C=O) groups excluding carboxylic acids is 1. The molecule has 0 saturated heterocycles. The minimum Gasteiger partial charge on any atom is -0.486 e. The average Bonchev–Trinajstić information content (AvgIpc) is 2.93. The van der Waals surface area contributed by atoms with Gasteiger partial charge in [0.1, 0.15) is 12.4 Å². The van der Waals surface area contributed by atoms with E-state index in [9.17, 15) is 4.79 Å². The molecule has 100 valence electrons. The van der Waals surface area contributed by atoms with Crippen molar-refractivity contribution in [2.45, 2.75) is 20.0 Å². The van der Waals surface area contributed by atoms with Crippen molar-refractivity contribution in [1.82, 2.24) is 10.6 Å². The van der Waals surface area contributed by atoms with E-state index in [0.717, 1.165) is 12.2 Å². The van der Waals surface area contributed by atoms with Crippen molar-refractivity contribution in [3.8, 4) is 5.75 Å². The minimum absolute atomic E-state index is 0.128. The highest BCUT2D eigenvalue weighted by Crippen LogP contribution is 2.15. The van der Waals surface area contributed by atoms with Crippen molar-refractivity contribution in [2.75, 3.05) is 0 Å². The van der Waals surface area contributed by atoms with Crippen molar-refractivity contribution in [3.05, 3.63) is 47.3 Å². The third-order valence-electron chi connectivity index (χ3n) is 2.61. The number of amides is 1. The van der Waals surface area contributed by atoms with Gasteiger partial charge in [0.05, 0.1) is 0 Å². The van der Waals surface area contributed by atoms with Gasteiger partial charge in [-0.15, -0.1) is 0 Å². The van der Waals surface area contributed by atoms with E-state index in [4.69, 9.17) is 15.1 Å². The maximum Gasteiger partial charge on any atom is 0.287 e. The van der Waals surface area contributed by atoms with Crippen LogP contribution in [-0.2, 0) is 13.0 Å². The SMILES string of the molecule is CCc1cccc(OCc2cc(C(=O)NN)no2)c1. The third-order valence-corrected chi connectivity index (χ3v) is 2.61. The van der Waals surface area contributed by atoms with Crippen LogP contribution in [-0.4, -0.2) is 11.1 Å². The lowest BCUT2D eigenvalue weighted by Gasteiger charge is -2.04. The first-order valence-electron chi connectivity index (χ1n) is 5.91. The molecule has 0 aliphatic carbocycles. The summed E-state index contributed by atoms with van der Waals surface area (Å²) in [6, 6.07) is 9.28.